The molecule has 0 amide bonds. The topological polar surface area (TPSA) is 38.0 Å². The molecule has 0 saturated carbocycles. The van der Waals surface area contributed by atoms with Gasteiger partial charge in [-0.15, -0.1) is 0 Å². The molecule has 17 heavy (non-hydrogen) atoms. The first-order chi connectivity index (χ1) is 8.27. The Hall–Kier alpha value is -1.61. The van der Waals surface area contributed by atoms with Crippen molar-refractivity contribution in [3.05, 3.63) is 53.9 Å². The lowest BCUT2D eigenvalue weighted by molar-refractivity contribution is 0.155. The molecule has 1 aromatic heterocycles. The van der Waals surface area contributed by atoms with Crippen LogP contribution >= 0.6 is 0 Å². The minimum absolute atomic E-state index is 0.411. The van der Waals surface area contributed by atoms with Crippen LogP contribution in [0.1, 0.15) is 30.2 Å². The molecule has 0 aliphatic carbocycles. The van der Waals surface area contributed by atoms with Crippen LogP contribution in [0.3, 0.4) is 0 Å². The standard InChI is InChI=1S/C14H18N2O/c1-16-13(10-11-15-16)14(17)9-5-8-12-6-3-2-4-7-12/h2-4,6-7,10-11,14,17H,5,8-9H2,1H3. The molecule has 2 aromatic rings. The van der Waals surface area contributed by atoms with Crippen molar-refractivity contribution >= 4 is 0 Å². The fourth-order valence-corrected chi connectivity index (χ4v) is 2.00. The molecule has 1 aromatic carbocycles. The maximum absolute atomic E-state index is 10.0. The van der Waals surface area contributed by atoms with Gasteiger partial charge in [0.15, 0.2) is 0 Å². The van der Waals surface area contributed by atoms with Crippen molar-refractivity contribution in [2.75, 3.05) is 0 Å². The van der Waals surface area contributed by atoms with E-state index in [9.17, 15) is 5.11 Å². The molecule has 1 atom stereocenters. The lowest BCUT2D eigenvalue weighted by Gasteiger charge is -2.10. The molecule has 90 valence electrons. The highest BCUT2D eigenvalue weighted by atomic mass is 16.3. The van der Waals surface area contributed by atoms with E-state index in [0.717, 1.165) is 25.0 Å². The van der Waals surface area contributed by atoms with Crippen LogP contribution in [-0.2, 0) is 13.5 Å². The number of benzene rings is 1. The van der Waals surface area contributed by atoms with Gasteiger partial charge in [-0.25, -0.2) is 0 Å². The Labute approximate surface area is 102 Å². The molecule has 1 unspecified atom stereocenters. The largest absolute Gasteiger partial charge is 0.387 e. The van der Waals surface area contributed by atoms with E-state index in [1.54, 1.807) is 10.9 Å². The third kappa shape index (κ3) is 3.17. The molecule has 0 fully saturated rings. The summed E-state index contributed by atoms with van der Waals surface area (Å²) in [6.07, 6.45) is 4.07. The summed E-state index contributed by atoms with van der Waals surface area (Å²) < 4.78 is 1.73. The van der Waals surface area contributed by atoms with Crippen molar-refractivity contribution in [3.63, 3.8) is 0 Å². The van der Waals surface area contributed by atoms with Gasteiger partial charge in [0.2, 0.25) is 0 Å². The van der Waals surface area contributed by atoms with Crippen LogP contribution in [0.5, 0.6) is 0 Å². The molecule has 0 bridgehead atoms. The number of aromatic nitrogens is 2. The minimum atomic E-state index is -0.411. The molecular weight excluding hydrogens is 212 g/mol. The van der Waals surface area contributed by atoms with Crippen LogP contribution in [0.4, 0.5) is 0 Å². The molecule has 0 saturated heterocycles. The first-order valence-electron chi connectivity index (χ1n) is 5.97. The van der Waals surface area contributed by atoms with Gasteiger partial charge in [0.05, 0.1) is 11.8 Å². The summed E-state index contributed by atoms with van der Waals surface area (Å²) in [4.78, 5) is 0. The highest BCUT2D eigenvalue weighted by molar-refractivity contribution is 5.14. The highest BCUT2D eigenvalue weighted by Gasteiger charge is 2.10. The zero-order valence-electron chi connectivity index (χ0n) is 10.1. The molecule has 1 N–H and O–H groups in total. The Morgan fingerprint density at radius 2 is 2.00 bits per heavy atom. The summed E-state index contributed by atoms with van der Waals surface area (Å²) in [7, 11) is 1.86. The van der Waals surface area contributed by atoms with Gasteiger partial charge in [-0.2, -0.15) is 5.10 Å². The van der Waals surface area contributed by atoms with Crippen molar-refractivity contribution in [3.8, 4) is 0 Å². The Morgan fingerprint density at radius 3 is 2.65 bits per heavy atom. The molecule has 0 aliphatic heterocycles. The normalized spacial score (nSPS) is 12.6. The first kappa shape index (κ1) is 11.9. The predicted molar refractivity (Wildman–Crippen MR) is 67.5 cm³/mol. The summed E-state index contributed by atoms with van der Waals surface area (Å²) in [5.41, 5.74) is 2.21. The van der Waals surface area contributed by atoms with Gasteiger partial charge in [0, 0.05) is 13.2 Å². The molecule has 0 aliphatic rings. The van der Waals surface area contributed by atoms with Gasteiger partial charge in [0.25, 0.3) is 0 Å². The second-order valence-corrected chi connectivity index (χ2v) is 4.27. The second-order valence-electron chi connectivity index (χ2n) is 4.27. The Morgan fingerprint density at radius 1 is 1.24 bits per heavy atom. The molecule has 3 nitrogen and oxygen atoms in total. The third-order valence-electron chi connectivity index (χ3n) is 2.99. The van der Waals surface area contributed by atoms with E-state index in [1.165, 1.54) is 5.56 Å². The van der Waals surface area contributed by atoms with Gasteiger partial charge in [-0.1, -0.05) is 30.3 Å². The molecule has 3 heteroatoms. The summed E-state index contributed by atoms with van der Waals surface area (Å²) in [6.45, 7) is 0. The highest BCUT2D eigenvalue weighted by Crippen LogP contribution is 2.18. The van der Waals surface area contributed by atoms with Crippen LogP contribution < -0.4 is 0 Å². The zero-order valence-corrected chi connectivity index (χ0v) is 10.1. The average Bonchev–Trinajstić information content (AvgIpc) is 2.77. The lowest BCUT2D eigenvalue weighted by Crippen LogP contribution is -2.05. The SMILES string of the molecule is Cn1nccc1C(O)CCCc1ccccc1. The molecule has 0 radical (unpaired) electrons. The summed E-state index contributed by atoms with van der Waals surface area (Å²) in [6, 6.07) is 12.2. The van der Waals surface area contributed by atoms with Crippen molar-refractivity contribution in [1.82, 2.24) is 9.78 Å². The number of rotatable bonds is 5. The van der Waals surface area contributed by atoms with Gasteiger partial charge >= 0.3 is 0 Å². The van der Waals surface area contributed by atoms with Crippen molar-refractivity contribution < 1.29 is 5.11 Å². The number of aliphatic hydroxyl groups is 1. The number of hydrogen-bond donors (Lipinski definition) is 1. The Balaban J connectivity index is 1.81. The summed E-state index contributed by atoms with van der Waals surface area (Å²) in [5, 5.41) is 14.1. The van der Waals surface area contributed by atoms with E-state index >= 15 is 0 Å². The number of aryl methyl sites for hydroxylation is 2. The van der Waals surface area contributed by atoms with Crippen molar-refractivity contribution in [2.45, 2.75) is 25.4 Å². The summed E-state index contributed by atoms with van der Waals surface area (Å²) >= 11 is 0. The predicted octanol–water partition coefficient (Wildman–Crippen LogP) is 2.48. The molecule has 0 spiro atoms. The van der Waals surface area contributed by atoms with E-state index in [-0.39, 0.29) is 0 Å². The summed E-state index contributed by atoms with van der Waals surface area (Å²) in [5.74, 6) is 0. The molecule has 1 heterocycles. The maximum atomic E-state index is 10.0. The fourth-order valence-electron chi connectivity index (χ4n) is 2.00. The van der Waals surface area contributed by atoms with Gasteiger partial charge in [0.1, 0.15) is 0 Å². The van der Waals surface area contributed by atoms with Gasteiger partial charge in [-0.3, -0.25) is 4.68 Å². The van der Waals surface area contributed by atoms with Crippen LogP contribution in [-0.4, -0.2) is 14.9 Å². The van der Waals surface area contributed by atoms with E-state index in [0.29, 0.717) is 0 Å². The van der Waals surface area contributed by atoms with Crippen LogP contribution in [0.2, 0.25) is 0 Å². The minimum Gasteiger partial charge on any atom is -0.387 e. The number of hydrogen-bond acceptors (Lipinski definition) is 2. The van der Waals surface area contributed by atoms with E-state index in [2.05, 4.69) is 17.2 Å². The van der Waals surface area contributed by atoms with E-state index in [1.807, 2.05) is 31.3 Å². The monoisotopic (exact) mass is 230 g/mol. The van der Waals surface area contributed by atoms with E-state index in [4.69, 9.17) is 0 Å². The fraction of sp³-hybridized carbons (Fsp3) is 0.357. The Bertz CT molecular complexity index is 450. The molecular formula is C14H18N2O. The first-order valence-corrected chi connectivity index (χ1v) is 5.97. The van der Waals surface area contributed by atoms with Crippen LogP contribution in [0.15, 0.2) is 42.6 Å². The average molecular weight is 230 g/mol. The van der Waals surface area contributed by atoms with Crippen LogP contribution in [0, 0.1) is 0 Å². The second kappa shape index (κ2) is 5.64. The third-order valence-corrected chi connectivity index (χ3v) is 2.99. The van der Waals surface area contributed by atoms with Crippen molar-refractivity contribution in [1.29, 1.82) is 0 Å². The van der Waals surface area contributed by atoms with Gasteiger partial charge < -0.3 is 5.11 Å². The number of nitrogens with zero attached hydrogens (tertiary/aromatic N) is 2. The Kier molecular flexibility index (Phi) is 3.94. The molecule has 2 rings (SSSR count). The van der Waals surface area contributed by atoms with E-state index < -0.39 is 6.10 Å². The zero-order chi connectivity index (χ0) is 12.1. The maximum Gasteiger partial charge on any atom is 0.0956 e. The lowest BCUT2D eigenvalue weighted by atomic mass is 10.0. The number of aliphatic hydroxyl groups excluding tert-OH is 1. The van der Waals surface area contributed by atoms with Gasteiger partial charge in [-0.05, 0) is 30.9 Å². The smallest absolute Gasteiger partial charge is 0.0956 e. The quantitative estimate of drug-likeness (QED) is 0.857. The van der Waals surface area contributed by atoms with Crippen molar-refractivity contribution in [2.24, 2.45) is 7.05 Å². The van der Waals surface area contributed by atoms with Crippen LogP contribution in [0.25, 0.3) is 0 Å².